The van der Waals surface area contributed by atoms with Gasteiger partial charge in [-0.1, -0.05) is 5.57 Å². The molecule has 0 unspecified atom stereocenters. The second kappa shape index (κ2) is 3.91. The van der Waals surface area contributed by atoms with Gasteiger partial charge in [0, 0.05) is 6.21 Å². The van der Waals surface area contributed by atoms with Crippen molar-refractivity contribution >= 4 is 16.2 Å². The summed E-state index contributed by atoms with van der Waals surface area (Å²) in [4.78, 5) is 0. The molecule has 0 aromatic heterocycles. The number of alkyl halides is 3. The molecular weight excluding hydrogens is 207 g/mol. The first-order valence-electron chi connectivity index (χ1n) is 3.17. The summed E-state index contributed by atoms with van der Waals surface area (Å²) in [5.41, 5.74) is -4.67. The van der Waals surface area contributed by atoms with Crippen LogP contribution in [0.3, 0.4) is 0 Å². The number of rotatable bonds is 2. The summed E-state index contributed by atoms with van der Waals surface area (Å²) in [6.07, 6.45) is 1.78. The van der Waals surface area contributed by atoms with Crippen molar-refractivity contribution in [2.45, 2.75) is 19.4 Å². The van der Waals surface area contributed by atoms with E-state index >= 15 is 0 Å². The van der Waals surface area contributed by atoms with Crippen molar-refractivity contribution in [3.05, 3.63) is 11.6 Å². The summed E-state index contributed by atoms with van der Waals surface area (Å²) >= 11 is 0. The third-order valence-electron chi connectivity index (χ3n) is 0.900. The molecule has 0 N–H and O–H groups in total. The Hall–Kier alpha value is -0.850. The highest BCUT2D eigenvalue weighted by molar-refractivity contribution is 7.91. The Morgan fingerprint density at radius 3 is 2.08 bits per heavy atom. The van der Waals surface area contributed by atoms with Crippen LogP contribution in [0.15, 0.2) is 16.0 Å². The van der Waals surface area contributed by atoms with Gasteiger partial charge in [-0.3, -0.25) is 0 Å². The molecule has 0 fully saturated rings. The Kier molecular flexibility index (Phi) is 3.65. The summed E-state index contributed by atoms with van der Waals surface area (Å²) < 4.78 is 57.9. The van der Waals surface area contributed by atoms with Crippen LogP contribution >= 0.6 is 0 Å². The second-order valence-corrected chi connectivity index (χ2v) is 4.04. The van der Waals surface area contributed by atoms with Crippen LogP contribution < -0.4 is 0 Å². The van der Waals surface area contributed by atoms with Crippen LogP contribution in [0.25, 0.3) is 0 Å². The van der Waals surface area contributed by atoms with Gasteiger partial charge in [0.25, 0.3) is 0 Å². The lowest BCUT2D eigenvalue weighted by Crippen LogP contribution is -2.20. The van der Waals surface area contributed by atoms with Gasteiger partial charge in [0.1, 0.15) is 0 Å². The molecule has 0 aromatic rings. The minimum absolute atomic E-state index is 0.609. The van der Waals surface area contributed by atoms with Crippen LogP contribution in [0.2, 0.25) is 0 Å². The quantitative estimate of drug-likeness (QED) is 0.660. The molecular formula is C6H8F3NO2S. The number of halogens is 3. The van der Waals surface area contributed by atoms with E-state index in [0.717, 1.165) is 0 Å². The van der Waals surface area contributed by atoms with Crippen molar-refractivity contribution in [3.8, 4) is 0 Å². The Morgan fingerprint density at radius 1 is 1.31 bits per heavy atom. The predicted octanol–water partition coefficient (Wildman–Crippen LogP) is 1.87. The summed E-state index contributed by atoms with van der Waals surface area (Å²) in [5, 5.41) is 0. The standard InChI is InChI=1S/C6H8F3NO2S/c1-5(2)3-4-10-13(11,12)6(7,8)9/h3-4H,1-2H3. The summed E-state index contributed by atoms with van der Waals surface area (Å²) in [5.74, 6) is 0. The molecule has 0 heterocycles. The summed E-state index contributed by atoms with van der Waals surface area (Å²) in [7, 11) is -5.37. The fraction of sp³-hybridized carbons (Fsp3) is 0.500. The molecule has 0 rings (SSSR count). The Balaban J connectivity index is 4.74. The van der Waals surface area contributed by atoms with Gasteiger partial charge in [0.2, 0.25) is 0 Å². The minimum Gasteiger partial charge on any atom is -0.195 e. The van der Waals surface area contributed by atoms with Crippen LogP contribution in [0.4, 0.5) is 13.2 Å². The highest BCUT2D eigenvalue weighted by atomic mass is 32.2. The van der Waals surface area contributed by atoms with Crippen molar-refractivity contribution in [1.82, 2.24) is 0 Å². The lowest BCUT2D eigenvalue weighted by atomic mass is 10.3. The van der Waals surface area contributed by atoms with Gasteiger partial charge in [-0.05, 0) is 19.9 Å². The molecule has 0 radical (unpaired) electrons. The van der Waals surface area contributed by atoms with Crippen molar-refractivity contribution in [1.29, 1.82) is 0 Å². The fourth-order valence-corrected chi connectivity index (χ4v) is 0.660. The number of allylic oxidation sites excluding steroid dienone is 2. The maximum absolute atomic E-state index is 11.6. The first kappa shape index (κ1) is 12.2. The zero-order valence-corrected chi connectivity index (χ0v) is 7.78. The van der Waals surface area contributed by atoms with Gasteiger partial charge in [0.05, 0.1) is 0 Å². The molecule has 7 heteroatoms. The van der Waals surface area contributed by atoms with Gasteiger partial charge in [-0.15, -0.1) is 0 Å². The number of hydrogen-bond acceptors (Lipinski definition) is 2. The van der Waals surface area contributed by atoms with Crippen molar-refractivity contribution in [3.63, 3.8) is 0 Å². The molecule has 0 bridgehead atoms. The van der Waals surface area contributed by atoms with Crippen molar-refractivity contribution in [2.24, 2.45) is 4.40 Å². The maximum Gasteiger partial charge on any atom is 0.518 e. The lowest BCUT2D eigenvalue weighted by molar-refractivity contribution is -0.0435. The minimum atomic E-state index is -5.37. The topological polar surface area (TPSA) is 46.5 Å². The molecule has 0 saturated carbocycles. The molecule has 3 nitrogen and oxygen atoms in total. The monoisotopic (exact) mass is 215 g/mol. The number of sulfonamides is 1. The van der Waals surface area contributed by atoms with Crippen LogP contribution in [-0.2, 0) is 10.0 Å². The molecule has 0 aromatic carbocycles. The Bertz CT molecular complexity index is 322. The average Bonchev–Trinajstić information content (AvgIpc) is 1.82. The molecule has 0 aliphatic carbocycles. The smallest absolute Gasteiger partial charge is 0.195 e. The molecule has 0 aliphatic heterocycles. The number of hydrogen-bond donors (Lipinski definition) is 0. The van der Waals surface area contributed by atoms with Crippen LogP contribution in [0.1, 0.15) is 13.8 Å². The molecule has 13 heavy (non-hydrogen) atoms. The third kappa shape index (κ3) is 4.07. The fourth-order valence-electron chi connectivity index (χ4n) is 0.319. The van der Waals surface area contributed by atoms with Gasteiger partial charge in [-0.25, -0.2) is 0 Å². The van der Waals surface area contributed by atoms with E-state index < -0.39 is 15.5 Å². The van der Waals surface area contributed by atoms with Crippen LogP contribution in [-0.4, -0.2) is 20.1 Å². The van der Waals surface area contributed by atoms with E-state index in [1.54, 1.807) is 13.8 Å². The van der Waals surface area contributed by atoms with E-state index in [1.165, 1.54) is 6.08 Å². The Morgan fingerprint density at radius 2 is 1.77 bits per heavy atom. The second-order valence-electron chi connectivity index (χ2n) is 2.42. The van der Waals surface area contributed by atoms with Gasteiger partial charge >= 0.3 is 15.5 Å². The molecule has 0 saturated heterocycles. The van der Waals surface area contributed by atoms with E-state index in [2.05, 4.69) is 4.40 Å². The van der Waals surface area contributed by atoms with Crippen LogP contribution in [0, 0.1) is 0 Å². The van der Waals surface area contributed by atoms with E-state index in [9.17, 15) is 21.6 Å². The normalized spacial score (nSPS) is 13.3. The van der Waals surface area contributed by atoms with Crippen molar-refractivity contribution < 1.29 is 21.6 Å². The zero-order chi connectivity index (χ0) is 10.7. The van der Waals surface area contributed by atoms with E-state index in [4.69, 9.17) is 0 Å². The average molecular weight is 215 g/mol. The SMILES string of the molecule is CC(C)=CC=NS(=O)(=O)C(F)(F)F. The van der Waals surface area contributed by atoms with E-state index in [0.29, 0.717) is 11.8 Å². The first-order chi connectivity index (χ1) is 5.67. The Labute approximate surface area is 74.0 Å². The zero-order valence-electron chi connectivity index (χ0n) is 6.96. The molecule has 0 spiro atoms. The molecule has 0 amide bonds. The number of nitrogens with zero attached hydrogens (tertiary/aromatic N) is 1. The maximum atomic E-state index is 11.6. The van der Waals surface area contributed by atoms with Crippen molar-refractivity contribution in [2.75, 3.05) is 0 Å². The highest BCUT2D eigenvalue weighted by Gasteiger charge is 2.45. The third-order valence-corrected chi connectivity index (χ3v) is 1.88. The summed E-state index contributed by atoms with van der Waals surface area (Å²) in [6.45, 7) is 3.21. The molecule has 76 valence electrons. The predicted molar refractivity (Wildman–Crippen MR) is 42.9 cm³/mol. The lowest BCUT2D eigenvalue weighted by Gasteiger charge is -2.00. The largest absolute Gasteiger partial charge is 0.518 e. The van der Waals surface area contributed by atoms with Crippen LogP contribution in [0.5, 0.6) is 0 Å². The van der Waals surface area contributed by atoms with Gasteiger partial charge < -0.3 is 0 Å². The first-order valence-corrected chi connectivity index (χ1v) is 4.61. The summed E-state index contributed by atoms with van der Waals surface area (Å²) in [6, 6.07) is 0. The van der Waals surface area contributed by atoms with Gasteiger partial charge in [0.15, 0.2) is 0 Å². The van der Waals surface area contributed by atoms with Gasteiger partial charge in [-0.2, -0.15) is 26.0 Å². The van der Waals surface area contributed by atoms with E-state index in [-0.39, 0.29) is 0 Å². The highest BCUT2D eigenvalue weighted by Crippen LogP contribution is 2.24. The van der Waals surface area contributed by atoms with E-state index in [1.807, 2.05) is 0 Å². The molecule has 0 atom stereocenters. The molecule has 0 aliphatic rings.